The molecular weight excluding hydrogens is 230 g/mol. The number of hydrogen-bond acceptors (Lipinski definition) is 4. The highest BCUT2D eigenvalue weighted by Gasteiger charge is 2.12. The number of hydrogen-bond donors (Lipinski definition) is 3. The predicted molar refractivity (Wildman–Crippen MR) is 70.2 cm³/mol. The summed E-state index contributed by atoms with van der Waals surface area (Å²) in [7, 11) is 1.76. The average molecular weight is 245 g/mol. The van der Waals surface area contributed by atoms with Gasteiger partial charge in [0.15, 0.2) is 0 Å². The normalized spacial score (nSPS) is 10.2. The van der Waals surface area contributed by atoms with Crippen molar-refractivity contribution in [3.8, 4) is 0 Å². The lowest BCUT2D eigenvalue weighted by molar-refractivity contribution is 0.102. The highest BCUT2D eigenvalue weighted by Crippen LogP contribution is 2.18. The van der Waals surface area contributed by atoms with Crippen LogP contribution in [-0.2, 0) is 7.05 Å². The molecule has 1 aromatic heterocycles. The smallest absolute Gasteiger partial charge is 0.258 e. The topological polar surface area (TPSA) is 85.0 Å². The Labute approximate surface area is 105 Å². The zero-order valence-corrected chi connectivity index (χ0v) is 10.3. The Hall–Kier alpha value is -2.34. The molecule has 94 valence electrons. The maximum Gasteiger partial charge on any atom is 0.258 e. The first-order chi connectivity index (χ1) is 8.61. The number of hydrazine groups is 1. The van der Waals surface area contributed by atoms with E-state index in [0.717, 1.165) is 5.56 Å². The standard InChI is InChI=1S/C12H15N5O/c1-8-3-4-10(16-13)9(7-8)12(18)15-11-5-6-14-17(11)2/h3-7,16H,13H2,1-2H3,(H,15,18). The molecule has 1 amide bonds. The number of amides is 1. The maximum absolute atomic E-state index is 12.1. The molecule has 6 heteroatoms. The number of nitrogen functional groups attached to an aromatic ring is 1. The molecule has 1 heterocycles. The third-order valence-corrected chi connectivity index (χ3v) is 2.64. The fourth-order valence-electron chi connectivity index (χ4n) is 1.65. The number of nitrogens with zero attached hydrogens (tertiary/aromatic N) is 2. The van der Waals surface area contributed by atoms with E-state index in [1.54, 1.807) is 36.1 Å². The number of carbonyl (C=O) groups excluding carboxylic acids is 1. The van der Waals surface area contributed by atoms with Crippen LogP contribution in [0.5, 0.6) is 0 Å². The lowest BCUT2D eigenvalue weighted by Gasteiger charge is -2.10. The van der Waals surface area contributed by atoms with Crippen LogP contribution in [0, 0.1) is 6.92 Å². The molecule has 4 N–H and O–H groups in total. The van der Waals surface area contributed by atoms with E-state index >= 15 is 0 Å². The lowest BCUT2D eigenvalue weighted by Crippen LogP contribution is -2.18. The van der Waals surface area contributed by atoms with Gasteiger partial charge in [-0.25, -0.2) is 0 Å². The molecular formula is C12H15N5O. The van der Waals surface area contributed by atoms with Crippen LogP contribution < -0.4 is 16.6 Å². The molecule has 0 fully saturated rings. The van der Waals surface area contributed by atoms with Gasteiger partial charge in [0.2, 0.25) is 0 Å². The zero-order valence-electron chi connectivity index (χ0n) is 10.3. The van der Waals surface area contributed by atoms with Crippen molar-refractivity contribution in [3.05, 3.63) is 41.6 Å². The summed E-state index contributed by atoms with van der Waals surface area (Å²) in [4.78, 5) is 12.1. The largest absolute Gasteiger partial charge is 0.323 e. The van der Waals surface area contributed by atoms with Gasteiger partial charge >= 0.3 is 0 Å². The summed E-state index contributed by atoms with van der Waals surface area (Å²) < 4.78 is 1.59. The number of nitrogens with two attached hydrogens (primary N) is 1. The Morgan fingerprint density at radius 1 is 1.39 bits per heavy atom. The molecule has 0 atom stereocenters. The molecule has 0 aliphatic carbocycles. The number of aromatic nitrogens is 2. The van der Waals surface area contributed by atoms with Crippen LogP contribution in [0.15, 0.2) is 30.5 Å². The summed E-state index contributed by atoms with van der Waals surface area (Å²) in [5.74, 6) is 5.80. The molecule has 18 heavy (non-hydrogen) atoms. The van der Waals surface area contributed by atoms with E-state index in [-0.39, 0.29) is 5.91 Å². The van der Waals surface area contributed by atoms with Crippen LogP contribution in [-0.4, -0.2) is 15.7 Å². The van der Waals surface area contributed by atoms with Crippen molar-refractivity contribution >= 4 is 17.4 Å². The first kappa shape index (κ1) is 12.1. The lowest BCUT2D eigenvalue weighted by atomic mass is 10.1. The number of nitrogens with one attached hydrogen (secondary N) is 2. The van der Waals surface area contributed by atoms with Gasteiger partial charge in [0.05, 0.1) is 17.4 Å². The second-order valence-electron chi connectivity index (χ2n) is 3.99. The van der Waals surface area contributed by atoms with Crippen molar-refractivity contribution in [1.82, 2.24) is 9.78 Å². The van der Waals surface area contributed by atoms with Gasteiger partial charge in [0.25, 0.3) is 5.91 Å². The summed E-state index contributed by atoms with van der Waals surface area (Å²) in [6, 6.07) is 7.16. The van der Waals surface area contributed by atoms with Gasteiger partial charge in [-0.05, 0) is 19.1 Å². The molecule has 0 saturated carbocycles. The first-order valence-electron chi connectivity index (χ1n) is 5.48. The van der Waals surface area contributed by atoms with Crippen LogP contribution in [0.1, 0.15) is 15.9 Å². The van der Waals surface area contributed by atoms with Gasteiger partial charge in [-0.2, -0.15) is 5.10 Å². The molecule has 0 saturated heterocycles. The molecule has 0 radical (unpaired) electrons. The van der Waals surface area contributed by atoms with Gasteiger partial charge in [0, 0.05) is 13.1 Å². The molecule has 6 nitrogen and oxygen atoms in total. The van der Waals surface area contributed by atoms with E-state index in [0.29, 0.717) is 17.1 Å². The van der Waals surface area contributed by atoms with Crippen molar-refractivity contribution in [2.45, 2.75) is 6.92 Å². The number of anilines is 2. The highest BCUT2D eigenvalue weighted by molar-refractivity contribution is 6.07. The third kappa shape index (κ3) is 2.33. The van der Waals surface area contributed by atoms with Crippen LogP contribution in [0.4, 0.5) is 11.5 Å². The Morgan fingerprint density at radius 2 is 2.17 bits per heavy atom. The minimum atomic E-state index is -0.227. The number of benzene rings is 1. The van der Waals surface area contributed by atoms with Crippen molar-refractivity contribution in [2.24, 2.45) is 12.9 Å². The average Bonchev–Trinajstić information content (AvgIpc) is 2.75. The first-order valence-corrected chi connectivity index (χ1v) is 5.48. The summed E-state index contributed by atoms with van der Waals surface area (Å²) in [6.45, 7) is 1.92. The van der Waals surface area contributed by atoms with Crippen LogP contribution >= 0.6 is 0 Å². The quantitative estimate of drug-likeness (QED) is 0.561. The minimum absolute atomic E-state index is 0.227. The van der Waals surface area contributed by atoms with E-state index < -0.39 is 0 Å². The maximum atomic E-state index is 12.1. The van der Waals surface area contributed by atoms with E-state index in [2.05, 4.69) is 15.8 Å². The van der Waals surface area contributed by atoms with Crippen LogP contribution in [0.2, 0.25) is 0 Å². The van der Waals surface area contributed by atoms with E-state index in [9.17, 15) is 4.79 Å². The second-order valence-corrected chi connectivity index (χ2v) is 3.99. The van der Waals surface area contributed by atoms with Crippen molar-refractivity contribution in [1.29, 1.82) is 0 Å². The molecule has 0 aliphatic heterocycles. The summed E-state index contributed by atoms with van der Waals surface area (Å²) in [5, 5.41) is 6.76. The third-order valence-electron chi connectivity index (χ3n) is 2.64. The number of aryl methyl sites for hydroxylation is 2. The fourth-order valence-corrected chi connectivity index (χ4v) is 1.65. The van der Waals surface area contributed by atoms with Gasteiger partial charge in [0.1, 0.15) is 5.82 Å². The van der Waals surface area contributed by atoms with Gasteiger partial charge < -0.3 is 10.7 Å². The summed E-state index contributed by atoms with van der Waals surface area (Å²) in [6.07, 6.45) is 1.62. The second kappa shape index (κ2) is 4.89. The van der Waals surface area contributed by atoms with Gasteiger partial charge in [-0.15, -0.1) is 0 Å². The predicted octanol–water partition coefficient (Wildman–Crippen LogP) is 1.27. The minimum Gasteiger partial charge on any atom is -0.323 e. The Bertz CT molecular complexity index is 576. The molecule has 2 rings (SSSR count). The molecule has 0 bridgehead atoms. The molecule has 1 aromatic carbocycles. The monoisotopic (exact) mass is 245 g/mol. The van der Waals surface area contributed by atoms with Crippen molar-refractivity contribution in [2.75, 3.05) is 10.7 Å². The van der Waals surface area contributed by atoms with Crippen LogP contribution in [0.25, 0.3) is 0 Å². The van der Waals surface area contributed by atoms with Crippen molar-refractivity contribution in [3.63, 3.8) is 0 Å². The van der Waals surface area contributed by atoms with Gasteiger partial charge in [-0.1, -0.05) is 11.6 Å². The molecule has 2 aromatic rings. The highest BCUT2D eigenvalue weighted by atomic mass is 16.1. The van der Waals surface area contributed by atoms with Crippen molar-refractivity contribution < 1.29 is 4.79 Å². The van der Waals surface area contributed by atoms with E-state index in [1.807, 2.05) is 13.0 Å². The Kier molecular flexibility index (Phi) is 3.29. The van der Waals surface area contributed by atoms with Crippen LogP contribution in [0.3, 0.4) is 0 Å². The Morgan fingerprint density at radius 3 is 2.78 bits per heavy atom. The van der Waals surface area contributed by atoms with Gasteiger partial charge in [-0.3, -0.25) is 15.3 Å². The SMILES string of the molecule is Cc1ccc(NN)c(C(=O)Nc2ccnn2C)c1. The summed E-state index contributed by atoms with van der Waals surface area (Å²) >= 11 is 0. The van der Waals surface area contributed by atoms with E-state index in [4.69, 9.17) is 5.84 Å². The molecule has 0 spiro atoms. The fraction of sp³-hybridized carbons (Fsp3) is 0.167. The zero-order chi connectivity index (χ0) is 13.1. The van der Waals surface area contributed by atoms with E-state index in [1.165, 1.54) is 0 Å². The molecule has 0 aliphatic rings. The summed E-state index contributed by atoms with van der Waals surface area (Å²) in [5.41, 5.74) is 4.59. The molecule has 0 unspecified atom stereocenters. The number of rotatable bonds is 3. The Balaban J connectivity index is 2.29. The number of carbonyl (C=O) groups is 1.